The number of ketones is 1. The maximum absolute atomic E-state index is 11.5. The fraction of sp³-hybridized carbons (Fsp3) is 0.438. The molecular weight excluding hydrogens is 224 g/mol. The van der Waals surface area contributed by atoms with Gasteiger partial charge in [-0.25, -0.2) is 0 Å². The van der Waals surface area contributed by atoms with Crippen molar-refractivity contribution in [3.05, 3.63) is 35.9 Å². The number of carbonyl (C=O) groups excluding carboxylic acids is 1. The molecule has 1 aliphatic rings. The number of hydrogen-bond donors (Lipinski definition) is 0. The van der Waals surface area contributed by atoms with Gasteiger partial charge in [0.25, 0.3) is 0 Å². The summed E-state index contributed by atoms with van der Waals surface area (Å²) < 4.78 is 5.80. The van der Waals surface area contributed by atoms with Crippen LogP contribution in [0.3, 0.4) is 0 Å². The number of rotatable bonds is 5. The predicted octanol–water partition coefficient (Wildman–Crippen LogP) is 3.86. The summed E-state index contributed by atoms with van der Waals surface area (Å²) in [4.78, 5) is 11.5. The zero-order chi connectivity index (χ0) is 12.8. The summed E-state index contributed by atoms with van der Waals surface area (Å²) in [6.07, 6.45) is 7.75. The van der Waals surface area contributed by atoms with Crippen LogP contribution < -0.4 is 4.74 Å². The maximum atomic E-state index is 11.5. The number of allylic oxidation sites excluding steroid dienone is 1. The van der Waals surface area contributed by atoms with Crippen molar-refractivity contribution in [1.82, 2.24) is 0 Å². The van der Waals surface area contributed by atoms with Gasteiger partial charge >= 0.3 is 0 Å². The molecule has 0 bridgehead atoms. The molecule has 0 spiro atoms. The Morgan fingerprint density at radius 1 is 1.39 bits per heavy atom. The van der Waals surface area contributed by atoms with Gasteiger partial charge in [-0.05, 0) is 32.3 Å². The van der Waals surface area contributed by atoms with Crippen molar-refractivity contribution in [3.8, 4) is 5.75 Å². The monoisotopic (exact) mass is 244 g/mol. The molecule has 1 fully saturated rings. The molecule has 96 valence electrons. The highest BCUT2D eigenvalue weighted by molar-refractivity contribution is 5.82. The molecule has 0 radical (unpaired) electrons. The molecule has 0 N–H and O–H groups in total. The molecule has 0 aromatic heterocycles. The molecule has 18 heavy (non-hydrogen) atoms. The lowest BCUT2D eigenvalue weighted by Crippen LogP contribution is -2.11. The van der Waals surface area contributed by atoms with E-state index in [0.717, 1.165) is 37.0 Å². The van der Waals surface area contributed by atoms with Crippen LogP contribution in [0.25, 0.3) is 6.08 Å². The molecule has 1 saturated carbocycles. The first-order chi connectivity index (χ1) is 8.81. The summed E-state index contributed by atoms with van der Waals surface area (Å²) in [6, 6.07) is 7.99. The van der Waals surface area contributed by atoms with Crippen molar-refractivity contribution in [2.24, 2.45) is 5.92 Å². The number of benzene rings is 1. The van der Waals surface area contributed by atoms with E-state index in [9.17, 15) is 4.79 Å². The minimum absolute atomic E-state index is 0.235. The van der Waals surface area contributed by atoms with Crippen LogP contribution in [0.15, 0.2) is 30.3 Å². The second kappa shape index (κ2) is 6.39. The van der Waals surface area contributed by atoms with Gasteiger partial charge in [0.15, 0.2) is 0 Å². The van der Waals surface area contributed by atoms with Crippen molar-refractivity contribution in [3.63, 3.8) is 0 Å². The summed E-state index contributed by atoms with van der Waals surface area (Å²) in [6.45, 7) is 2.62. The van der Waals surface area contributed by atoms with Crippen LogP contribution in [-0.4, -0.2) is 12.4 Å². The Morgan fingerprint density at radius 2 is 2.22 bits per heavy atom. The van der Waals surface area contributed by atoms with Crippen LogP contribution >= 0.6 is 0 Å². The summed E-state index contributed by atoms with van der Waals surface area (Å²) in [5.41, 5.74) is 1.10. The van der Waals surface area contributed by atoms with E-state index in [0.29, 0.717) is 12.4 Å². The first kappa shape index (κ1) is 12.9. The summed E-state index contributed by atoms with van der Waals surface area (Å²) in [7, 11) is 0. The maximum Gasteiger partial charge on any atom is 0.136 e. The first-order valence-corrected chi connectivity index (χ1v) is 6.68. The summed E-state index contributed by atoms with van der Waals surface area (Å²) in [5.74, 6) is 1.56. The van der Waals surface area contributed by atoms with Crippen LogP contribution in [0.5, 0.6) is 5.75 Å². The molecule has 0 amide bonds. The Balaban J connectivity index is 1.88. The van der Waals surface area contributed by atoms with Crippen molar-refractivity contribution in [2.75, 3.05) is 6.61 Å². The molecule has 0 saturated heterocycles. The van der Waals surface area contributed by atoms with Crippen LogP contribution in [0.2, 0.25) is 0 Å². The third kappa shape index (κ3) is 3.22. The van der Waals surface area contributed by atoms with E-state index in [-0.39, 0.29) is 5.92 Å². The minimum Gasteiger partial charge on any atom is -0.493 e. The molecule has 1 aromatic carbocycles. The molecule has 1 aliphatic carbocycles. The lowest BCUT2D eigenvalue weighted by Gasteiger charge is -2.11. The van der Waals surface area contributed by atoms with Crippen LogP contribution in [0.1, 0.15) is 38.2 Å². The van der Waals surface area contributed by atoms with E-state index < -0.39 is 0 Å². The molecule has 2 heteroatoms. The number of ether oxygens (including phenoxy) is 1. The Labute approximate surface area is 109 Å². The highest BCUT2D eigenvalue weighted by Crippen LogP contribution is 2.25. The number of para-hydroxylation sites is 1. The Kier molecular flexibility index (Phi) is 4.57. The van der Waals surface area contributed by atoms with E-state index >= 15 is 0 Å². The molecule has 1 atom stereocenters. The highest BCUT2D eigenvalue weighted by Gasteiger charge is 2.23. The van der Waals surface area contributed by atoms with Crippen molar-refractivity contribution in [2.45, 2.75) is 32.6 Å². The van der Waals surface area contributed by atoms with Gasteiger partial charge in [0.2, 0.25) is 0 Å². The minimum atomic E-state index is 0.235. The average molecular weight is 244 g/mol. The third-order valence-corrected chi connectivity index (χ3v) is 3.42. The molecule has 0 aliphatic heterocycles. The second-order valence-corrected chi connectivity index (χ2v) is 4.73. The fourth-order valence-electron chi connectivity index (χ4n) is 2.43. The van der Waals surface area contributed by atoms with Gasteiger partial charge in [-0.2, -0.15) is 0 Å². The van der Waals surface area contributed by atoms with Crippen LogP contribution in [0, 0.1) is 5.92 Å². The predicted molar refractivity (Wildman–Crippen MR) is 73.6 cm³/mol. The van der Waals surface area contributed by atoms with Crippen LogP contribution in [-0.2, 0) is 4.79 Å². The number of Topliss-reactive ketones (excluding diaryl/α,β-unsaturated/α-hetero) is 1. The van der Waals surface area contributed by atoms with Gasteiger partial charge in [-0.15, -0.1) is 0 Å². The van der Waals surface area contributed by atoms with Crippen LogP contribution in [0.4, 0.5) is 0 Å². The van der Waals surface area contributed by atoms with Gasteiger partial charge in [-0.3, -0.25) is 4.79 Å². The fourth-order valence-corrected chi connectivity index (χ4v) is 2.43. The van der Waals surface area contributed by atoms with Crippen molar-refractivity contribution < 1.29 is 9.53 Å². The number of carbonyl (C=O) groups is 1. The largest absolute Gasteiger partial charge is 0.493 e. The third-order valence-electron chi connectivity index (χ3n) is 3.42. The lowest BCUT2D eigenvalue weighted by atomic mass is 10.0. The van der Waals surface area contributed by atoms with Gasteiger partial charge < -0.3 is 4.74 Å². The molecule has 1 aromatic rings. The van der Waals surface area contributed by atoms with Gasteiger partial charge in [-0.1, -0.05) is 30.4 Å². The zero-order valence-electron chi connectivity index (χ0n) is 10.9. The second-order valence-electron chi connectivity index (χ2n) is 4.73. The van der Waals surface area contributed by atoms with Gasteiger partial charge in [0.05, 0.1) is 6.61 Å². The van der Waals surface area contributed by atoms with Crippen molar-refractivity contribution in [1.29, 1.82) is 0 Å². The molecule has 2 rings (SSSR count). The topological polar surface area (TPSA) is 26.3 Å². The first-order valence-electron chi connectivity index (χ1n) is 6.68. The lowest BCUT2D eigenvalue weighted by molar-refractivity contribution is -0.121. The Hall–Kier alpha value is -1.57. The summed E-state index contributed by atoms with van der Waals surface area (Å²) in [5, 5.41) is 0. The van der Waals surface area contributed by atoms with E-state index in [2.05, 4.69) is 0 Å². The Morgan fingerprint density at radius 3 is 2.94 bits per heavy atom. The molecular formula is C16H20O2. The van der Waals surface area contributed by atoms with E-state index in [1.54, 1.807) is 0 Å². The SMILES string of the molecule is CC=Cc1ccccc1OCCC1CCCC1=O. The smallest absolute Gasteiger partial charge is 0.136 e. The summed E-state index contributed by atoms with van der Waals surface area (Å²) >= 11 is 0. The molecule has 0 heterocycles. The highest BCUT2D eigenvalue weighted by atomic mass is 16.5. The average Bonchev–Trinajstić information content (AvgIpc) is 2.78. The number of hydrogen-bond acceptors (Lipinski definition) is 2. The zero-order valence-corrected chi connectivity index (χ0v) is 10.9. The molecule has 2 nitrogen and oxygen atoms in total. The standard InChI is InChI=1S/C16H20O2/c1-2-6-14-7-3-4-10-16(14)18-12-11-13-8-5-9-15(13)17/h2-4,6-7,10,13H,5,8-9,11-12H2,1H3. The normalized spacial score (nSPS) is 19.6. The Bertz CT molecular complexity index is 434. The van der Waals surface area contributed by atoms with Crippen molar-refractivity contribution >= 4 is 11.9 Å². The van der Waals surface area contributed by atoms with E-state index in [4.69, 9.17) is 4.74 Å². The van der Waals surface area contributed by atoms with E-state index in [1.807, 2.05) is 43.3 Å². The molecule has 1 unspecified atom stereocenters. The quantitative estimate of drug-likeness (QED) is 0.786. The van der Waals surface area contributed by atoms with Gasteiger partial charge in [0.1, 0.15) is 11.5 Å². The van der Waals surface area contributed by atoms with Gasteiger partial charge in [0, 0.05) is 17.9 Å². The van der Waals surface area contributed by atoms with E-state index in [1.165, 1.54) is 0 Å².